The first-order valence-electron chi connectivity index (χ1n) is 9.84. The molecule has 1 aromatic rings. The van der Waals surface area contributed by atoms with E-state index in [0.717, 1.165) is 19.3 Å². The Kier molecular flexibility index (Phi) is 7.28. The van der Waals surface area contributed by atoms with Gasteiger partial charge in [0.05, 0.1) is 6.26 Å². The van der Waals surface area contributed by atoms with Crippen LogP contribution in [0.25, 0.3) is 0 Å². The second-order valence-corrected chi connectivity index (χ2v) is 11.7. The Balaban J connectivity index is 1.70. The molecule has 1 atom stereocenters. The minimum atomic E-state index is -3.61. The standard InChI is InChI=1S/C18H30N4O5S2/c1-20(29(25,26)18-4-3-8-19-14-18)10-11-22(16-6-12-27-13-7-16)17-5-9-21(15-17)28(2,23)24/h3-4,8,14,16-17H,5-7,9-13,15H2,1-2H3. The zero-order valence-corrected chi connectivity index (χ0v) is 18.6. The number of rotatable bonds is 8. The van der Waals surface area contributed by atoms with Gasteiger partial charge in [0.1, 0.15) is 4.90 Å². The molecule has 0 N–H and O–H groups in total. The van der Waals surface area contributed by atoms with Crippen molar-refractivity contribution in [1.82, 2.24) is 18.5 Å². The molecular weight excluding hydrogens is 416 g/mol. The number of aromatic nitrogens is 1. The van der Waals surface area contributed by atoms with Crippen LogP contribution in [0.5, 0.6) is 0 Å². The molecule has 1 unspecified atom stereocenters. The van der Waals surface area contributed by atoms with E-state index < -0.39 is 20.0 Å². The molecule has 0 amide bonds. The van der Waals surface area contributed by atoms with Gasteiger partial charge < -0.3 is 4.74 Å². The van der Waals surface area contributed by atoms with E-state index in [1.54, 1.807) is 19.3 Å². The van der Waals surface area contributed by atoms with Crippen molar-refractivity contribution in [2.75, 3.05) is 52.7 Å². The summed E-state index contributed by atoms with van der Waals surface area (Å²) >= 11 is 0. The van der Waals surface area contributed by atoms with E-state index in [1.807, 2.05) is 0 Å². The summed E-state index contributed by atoms with van der Waals surface area (Å²) in [6.07, 6.45) is 6.62. The summed E-state index contributed by atoms with van der Waals surface area (Å²) in [5, 5.41) is 0. The van der Waals surface area contributed by atoms with Crippen LogP contribution in [0, 0.1) is 0 Å². The maximum absolute atomic E-state index is 12.8. The third-order valence-electron chi connectivity index (χ3n) is 5.74. The lowest BCUT2D eigenvalue weighted by Gasteiger charge is -2.39. The van der Waals surface area contributed by atoms with Crippen LogP contribution < -0.4 is 0 Å². The predicted molar refractivity (Wildman–Crippen MR) is 109 cm³/mol. The molecule has 3 rings (SSSR count). The normalized spacial score (nSPS) is 22.6. The highest BCUT2D eigenvalue weighted by Gasteiger charge is 2.36. The van der Waals surface area contributed by atoms with E-state index in [0.29, 0.717) is 39.4 Å². The summed E-state index contributed by atoms with van der Waals surface area (Å²) in [4.78, 5) is 6.37. The van der Waals surface area contributed by atoms with E-state index in [4.69, 9.17) is 4.74 Å². The minimum Gasteiger partial charge on any atom is -0.381 e. The first-order valence-corrected chi connectivity index (χ1v) is 13.1. The van der Waals surface area contributed by atoms with Crippen molar-refractivity contribution in [3.63, 3.8) is 0 Å². The summed E-state index contributed by atoms with van der Waals surface area (Å²) in [6, 6.07) is 3.49. The molecule has 0 radical (unpaired) electrons. The van der Waals surface area contributed by atoms with Crippen molar-refractivity contribution in [2.24, 2.45) is 0 Å². The zero-order valence-electron chi connectivity index (χ0n) is 17.0. The Hall–Kier alpha value is -1.11. The van der Waals surface area contributed by atoms with Crippen LogP contribution in [0.2, 0.25) is 0 Å². The second-order valence-electron chi connectivity index (χ2n) is 7.66. The van der Waals surface area contributed by atoms with Crippen LogP contribution in [0.3, 0.4) is 0 Å². The summed E-state index contributed by atoms with van der Waals surface area (Å²) in [5.41, 5.74) is 0. The highest BCUT2D eigenvalue weighted by atomic mass is 32.2. The fourth-order valence-electron chi connectivity index (χ4n) is 4.02. The topological polar surface area (TPSA) is 100 Å². The Morgan fingerprint density at radius 3 is 2.45 bits per heavy atom. The average molecular weight is 447 g/mol. The van der Waals surface area contributed by atoms with Gasteiger partial charge >= 0.3 is 0 Å². The number of sulfonamides is 2. The molecule has 1 aromatic heterocycles. The van der Waals surface area contributed by atoms with Gasteiger partial charge in [0.2, 0.25) is 20.0 Å². The van der Waals surface area contributed by atoms with Crippen LogP contribution in [0.4, 0.5) is 0 Å². The first kappa shape index (κ1) is 22.6. The van der Waals surface area contributed by atoms with Gasteiger partial charge in [-0.15, -0.1) is 0 Å². The fraction of sp³-hybridized carbons (Fsp3) is 0.722. The quantitative estimate of drug-likeness (QED) is 0.563. The van der Waals surface area contributed by atoms with Gasteiger partial charge in [-0.2, -0.15) is 4.31 Å². The second kappa shape index (κ2) is 9.36. The van der Waals surface area contributed by atoms with Gasteiger partial charge in [-0.25, -0.2) is 21.1 Å². The van der Waals surface area contributed by atoms with E-state index in [1.165, 1.54) is 27.1 Å². The summed E-state index contributed by atoms with van der Waals surface area (Å²) in [6.45, 7) is 3.18. The van der Waals surface area contributed by atoms with Crippen LogP contribution in [0.15, 0.2) is 29.4 Å². The average Bonchev–Trinajstić information content (AvgIpc) is 3.20. The zero-order chi connectivity index (χ0) is 21.1. The molecule has 11 heteroatoms. The Labute approximate surface area is 173 Å². The number of hydrogen-bond donors (Lipinski definition) is 0. The fourth-order valence-corrected chi connectivity index (χ4v) is 6.03. The van der Waals surface area contributed by atoms with E-state index >= 15 is 0 Å². The first-order chi connectivity index (χ1) is 13.7. The molecule has 0 spiro atoms. The van der Waals surface area contributed by atoms with Crippen LogP contribution in [-0.2, 0) is 24.8 Å². The van der Waals surface area contributed by atoms with Crippen molar-refractivity contribution in [2.45, 2.75) is 36.2 Å². The molecule has 2 saturated heterocycles. The van der Waals surface area contributed by atoms with Crippen molar-refractivity contribution in [3.05, 3.63) is 24.5 Å². The molecule has 3 heterocycles. The monoisotopic (exact) mass is 446 g/mol. The lowest BCUT2D eigenvalue weighted by molar-refractivity contribution is 0.0179. The third kappa shape index (κ3) is 5.53. The van der Waals surface area contributed by atoms with Gasteiger partial charge in [0.25, 0.3) is 0 Å². The molecule has 29 heavy (non-hydrogen) atoms. The largest absolute Gasteiger partial charge is 0.381 e. The Morgan fingerprint density at radius 1 is 1.14 bits per heavy atom. The Bertz CT molecular complexity index is 873. The van der Waals surface area contributed by atoms with Crippen molar-refractivity contribution < 1.29 is 21.6 Å². The molecule has 0 aliphatic carbocycles. The molecule has 0 bridgehead atoms. The summed E-state index contributed by atoms with van der Waals surface area (Å²) < 4.78 is 57.8. The van der Waals surface area contributed by atoms with Gasteiger partial charge in [0, 0.05) is 70.9 Å². The van der Waals surface area contributed by atoms with Crippen LogP contribution in [0.1, 0.15) is 19.3 Å². The van der Waals surface area contributed by atoms with Crippen LogP contribution >= 0.6 is 0 Å². The molecule has 9 nitrogen and oxygen atoms in total. The maximum atomic E-state index is 12.8. The van der Waals surface area contributed by atoms with Crippen LogP contribution in [-0.4, -0.2) is 100 Å². The molecule has 2 aliphatic heterocycles. The number of hydrogen-bond acceptors (Lipinski definition) is 7. The van der Waals surface area contributed by atoms with Crippen molar-refractivity contribution >= 4 is 20.0 Å². The van der Waals surface area contributed by atoms with E-state index in [9.17, 15) is 16.8 Å². The molecular formula is C18H30N4O5S2. The molecule has 0 saturated carbocycles. The molecule has 2 fully saturated rings. The number of likely N-dealkylation sites (N-methyl/N-ethyl adjacent to an activating group) is 1. The van der Waals surface area contributed by atoms with Gasteiger partial charge in [-0.05, 0) is 31.4 Å². The molecule has 2 aliphatic rings. The van der Waals surface area contributed by atoms with Gasteiger partial charge in [-0.3, -0.25) is 9.88 Å². The highest BCUT2D eigenvalue weighted by molar-refractivity contribution is 7.89. The van der Waals surface area contributed by atoms with Gasteiger partial charge in [-0.1, -0.05) is 0 Å². The third-order valence-corrected chi connectivity index (χ3v) is 8.85. The minimum absolute atomic E-state index is 0.0855. The number of pyridine rings is 1. The van der Waals surface area contributed by atoms with Crippen molar-refractivity contribution in [1.29, 1.82) is 0 Å². The van der Waals surface area contributed by atoms with E-state index in [2.05, 4.69) is 9.88 Å². The maximum Gasteiger partial charge on any atom is 0.244 e. The lowest BCUT2D eigenvalue weighted by Crippen LogP contribution is -2.50. The highest BCUT2D eigenvalue weighted by Crippen LogP contribution is 2.25. The van der Waals surface area contributed by atoms with Crippen molar-refractivity contribution in [3.8, 4) is 0 Å². The predicted octanol–water partition coefficient (Wildman–Crippen LogP) is 0.217. The SMILES string of the molecule is CN(CCN(C1CCOCC1)C1CCN(S(C)(=O)=O)C1)S(=O)(=O)c1cccnc1. The molecule has 0 aromatic carbocycles. The smallest absolute Gasteiger partial charge is 0.244 e. The van der Waals surface area contributed by atoms with E-state index in [-0.39, 0.29) is 17.0 Å². The Morgan fingerprint density at radius 2 is 1.86 bits per heavy atom. The van der Waals surface area contributed by atoms with Gasteiger partial charge in [0.15, 0.2) is 0 Å². The summed E-state index contributed by atoms with van der Waals surface area (Å²) in [5.74, 6) is 0. The number of nitrogens with zero attached hydrogens (tertiary/aromatic N) is 4. The lowest BCUT2D eigenvalue weighted by atomic mass is 10.0. The number of ether oxygens (including phenoxy) is 1. The summed E-state index contributed by atoms with van der Waals surface area (Å²) in [7, 11) is -5.26. The molecule has 164 valence electrons.